The van der Waals surface area contributed by atoms with Crippen LogP contribution in [-0.2, 0) is 0 Å². The first kappa shape index (κ1) is 15.0. The van der Waals surface area contributed by atoms with Crippen LogP contribution in [0, 0.1) is 0 Å². The summed E-state index contributed by atoms with van der Waals surface area (Å²) < 4.78 is 5.94. The van der Waals surface area contributed by atoms with Gasteiger partial charge in [-0.25, -0.2) is 0 Å². The van der Waals surface area contributed by atoms with E-state index in [1.807, 2.05) is 0 Å². The van der Waals surface area contributed by atoms with Gasteiger partial charge in [0.1, 0.15) is 5.75 Å². The zero-order valence-corrected chi connectivity index (χ0v) is 12.2. The minimum absolute atomic E-state index is 0.519. The predicted molar refractivity (Wildman–Crippen MR) is 78.4 cm³/mol. The second-order valence-electron chi connectivity index (χ2n) is 4.94. The van der Waals surface area contributed by atoms with E-state index >= 15 is 0 Å². The number of hydrogen-bond donors (Lipinski definition) is 1. The van der Waals surface area contributed by atoms with Crippen molar-refractivity contribution >= 4 is 0 Å². The van der Waals surface area contributed by atoms with Crippen molar-refractivity contribution in [3.8, 4) is 5.75 Å². The first-order chi connectivity index (χ1) is 8.69. The van der Waals surface area contributed by atoms with Gasteiger partial charge in [0, 0.05) is 6.04 Å². The maximum absolute atomic E-state index is 5.94. The molecule has 2 unspecified atom stereocenters. The molecule has 0 aliphatic rings. The van der Waals surface area contributed by atoms with E-state index in [0.717, 1.165) is 31.7 Å². The minimum Gasteiger partial charge on any atom is -0.493 e. The Bertz CT molecular complexity index is 338. The van der Waals surface area contributed by atoms with Crippen molar-refractivity contribution in [1.29, 1.82) is 0 Å². The van der Waals surface area contributed by atoms with Gasteiger partial charge in [0.05, 0.1) is 6.61 Å². The predicted octanol–water partition coefficient (Wildman–Crippen LogP) is 3.97. The molecule has 2 heteroatoms. The monoisotopic (exact) mass is 249 g/mol. The molecule has 0 fully saturated rings. The fraction of sp³-hybridized carbons (Fsp3) is 0.625. The smallest absolute Gasteiger partial charge is 0.122 e. The van der Waals surface area contributed by atoms with Gasteiger partial charge in [0.15, 0.2) is 0 Å². The van der Waals surface area contributed by atoms with Crippen molar-refractivity contribution in [1.82, 2.24) is 5.32 Å². The third kappa shape index (κ3) is 4.69. The Morgan fingerprint density at radius 2 is 1.89 bits per heavy atom. The summed E-state index contributed by atoms with van der Waals surface area (Å²) in [5.74, 6) is 1.61. The molecule has 2 nitrogen and oxygen atoms in total. The van der Waals surface area contributed by atoms with E-state index in [0.29, 0.717) is 12.0 Å². The summed E-state index contributed by atoms with van der Waals surface area (Å²) in [5, 5.41) is 3.40. The summed E-state index contributed by atoms with van der Waals surface area (Å²) in [7, 11) is 0. The lowest BCUT2D eigenvalue weighted by Gasteiger charge is -2.17. The third-order valence-corrected chi connectivity index (χ3v) is 3.42. The highest BCUT2D eigenvalue weighted by atomic mass is 16.5. The summed E-state index contributed by atoms with van der Waals surface area (Å²) in [6.45, 7) is 10.6. The Morgan fingerprint density at radius 3 is 2.56 bits per heavy atom. The first-order valence-corrected chi connectivity index (χ1v) is 7.14. The molecule has 0 saturated heterocycles. The molecular formula is C16H27NO. The van der Waals surface area contributed by atoms with Gasteiger partial charge in [0.25, 0.3) is 0 Å². The van der Waals surface area contributed by atoms with E-state index in [2.05, 4.69) is 57.3 Å². The van der Waals surface area contributed by atoms with Gasteiger partial charge >= 0.3 is 0 Å². The summed E-state index contributed by atoms with van der Waals surface area (Å²) in [5.41, 5.74) is 1.33. The molecule has 102 valence electrons. The van der Waals surface area contributed by atoms with Gasteiger partial charge in [-0.1, -0.05) is 39.0 Å². The van der Waals surface area contributed by atoms with E-state index < -0.39 is 0 Å². The van der Waals surface area contributed by atoms with Crippen molar-refractivity contribution in [3.05, 3.63) is 29.8 Å². The van der Waals surface area contributed by atoms with Gasteiger partial charge < -0.3 is 10.1 Å². The van der Waals surface area contributed by atoms with Crippen molar-refractivity contribution in [2.75, 3.05) is 13.2 Å². The molecule has 18 heavy (non-hydrogen) atoms. The fourth-order valence-corrected chi connectivity index (χ4v) is 2.04. The molecule has 0 aliphatic heterocycles. The first-order valence-electron chi connectivity index (χ1n) is 7.14. The van der Waals surface area contributed by atoms with Gasteiger partial charge in [0.2, 0.25) is 0 Å². The van der Waals surface area contributed by atoms with Crippen LogP contribution in [0.1, 0.15) is 52.0 Å². The molecule has 0 radical (unpaired) electrons. The quantitative estimate of drug-likeness (QED) is 0.753. The lowest BCUT2D eigenvalue weighted by molar-refractivity contribution is 0.287. The molecule has 1 aromatic carbocycles. The molecule has 0 aromatic heterocycles. The van der Waals surface area contributed by atoms with E-state index in [-0.39, 0.29) is 0 Å². The number of benzene rings is 1. The Labute approximate surface area is 112 Å². The van der Waals surface area contributed by atoms with Gasteiger partial charge in [-0.3, -0.25) is 0 Å². The Balaban J connectivity index is 2.51. The summed E-state index contributed by atoms with van der Waals surface area (Å²) >= 11 is 0. The molecule has 0 saturated carbocycles. The number of rotatable bonds is 8. The molecule has 0 spiro atoms. The minimum atomic E-state index is 0.519. The molecule has 0 heterocycles. The van der Waals surface area contributed by atoms with Gasteiger partial charge in [-0.05, 0) is 43.9 Å². The standard InChI is InChI=1S/C16H27NO/c1-5-13(3)15-9-7-8-10-16(15)18-12-11-14(4)17-6-2/h7-10,13-14,17H,5-6,11-12H2,1-4H3. The highest BCUT2D eigenvalue weighted by molar-refractivity contribution is 5.35. The lowest BCUT2D eigenvalue weighted by atomic mass is 9.98. The van der Waals surface area contributed by atoms with Crippen molar-refractivity contribution < 1.29 is 4.74 Å². The molecular weight excluding hydrogens is 222 g/mol. The average Bonchev–Trinajstić information content (AvgIpc) is 2.39. The second kappa shape index (κ2) is 8.15. The second-order valence-corrected chi connectivity index (χ2v) is 4.94. The normalized spacial score (nSPS) is 14.2. The van der Waals surface area contributed by atoms with Crippen LogP contribution in [0.4, 0.5) is 0 Å². The summed E-state index contributed by atoms with van der Waals surface area (Å²) in [6.07, 6.45) is 2.19. The van der Waals surface area contributed by atoms with Crippen LogP contribution >= 0.6 is 0 Å². The largest absolute Gasteiger partial charge is 0.493 e. The summed E-state index contributed by atoms with van der Waals surface area (Å²) in [6, 6.07) is 8.92. The van der Waals surface area contributed by atoms with Gasteiger partial charge in [-0.2, -0.15) is 0 Å². The SMILES string of the molecule is CCNC(C)CCOc1ccccc1C(C)CC. The van der Waals surface area contributed by atoms with E-state index in [1.54, 1.807) is 0 Å². The molecule has 0 amide bonds. The van der Waals surface area contributed by atoms with Crippen LogP contribution in [-0.4, -0.2) is 19.2 Å². The average molecular weight is 249 g/mol. The molecule has 1 N–H and O–H groups in total. The Hall–Kier alpha value is -1.02. The number of para-hydroxylation sites is 1. The van der Waals surface area contributed by atoms with Crippen molar-refractivity contribution in [2.24, 2.45) is 0 Å². The van der Waals surface area contributed by atoms with Crippen LogP contribution in [0.2, 0.25) is 0 Å². The van der Waals surface area contributed by atoms with Crippen LogP contribution in [0.25, 0.3) is 0 Å². The highest BCUT2D eigenvalue weighted by Gasteiger charge is 2.09. The topological polar surface area (TPSA) is 21.3 Å². The molecule has 0 bridgehead atoms. The maximum Gasteiger partial charge on any atom is 0.122 e. The highest BCUT2D eigenvalue weighted by Crippen LogP contribution is 2.28. The number of nitrogens with one attached hydrogen (secondary N) is 1. The van der Waals surface area contributed by atoms with Crippen molar-refractivity contribution in [2.45, 2.75) is 52.5 Å². The van der Waals surface area contributed by atoms with Gasteiger partial charge in [-0.15, -0.1) is 0 Å². The van der Waals surface area contributed by atoms with E-state index in [1.165, 1.54) is 5.56 Å². The van der Waals surface area contributed by atoms with Crippen molar-refractivity contribution in [3.63, 3.8) is 0 Å². The Kier molecular flexibility index (Phi) is 6.81. The van der Waals surface area contributed by atoms with E-state index in [9.17, 15) is 0 Å². The lowest BCUT2D eigenvalue weighted by Crippen LogP contribution is -2.27. The van der Waals surface area contributed by atoms with E-state index in [4.69, 9.17) is 4.74 Å². The van der Waals surface area contributed by atoms with Crippen LogP contribution < -0.4 is 10.1 Å². The Morgan fingerprint density at radius 1 is 1.17 bits per heavy atom. The maximum atomic E-state index is 5.94. The zero-order valence-electron chi connectivity index (χ0n) is 12.2. The fourth-order valence-electron chi connectivity index (χ4n) is 2.04. The molecule has 2 atom stereocenters. The molecule has 0 aliphatic carbocycles. The van der Waals surface area contributed by atoms with Crippen LogP contribution in [0.5, 0.6) is 5.75 Å². The summed E-state index contributed by atoms with van der Waals surface area (Å²) in [4.78, 5) is 0. The molecule has 1 rings (SSSR count). The van der Waals surface area contributed by atoms with Crippen LogP contribution in [0.3, 0.4) is 0 Å². The number of ether oxygens (including phenoxy) is 1. The zero-order chi connectivity index (χ0) is 13.4. The molecule has 1 aromatic rings. The number of hydrogen-bond acceptors (Lipinski definition) is 2. The van der Waals surface area contributed by atoms with Crippen LogP contribution in [0.15, 0.2) is 24.3 Å². The third-order valence-electron chi connectivity index (χ3n) is 3.42.